The third-order valence-electron chi connectivity index (χ3n) is 3.41. The molecule has 0 saturated carbocycles. The van der Waals surface area contributed by atoms with E-state index in [9.17, 15) is 4.79 Å². The fraction of sp³-hybridized carbons (Fsp3) is 0.643. The van der Waals surface area contributed by atoms with Crippen LogP contribution < -0.4 is 5.32 Å². The molecule has 6 heteroatoms. The molecule has 0 radical (unpaired) electrons. The van der Waals surface area contributed by atoms with Crippen LogP contribution in [0, 0.1) is 0 Å². The van der Waals surface area contributed by atoms with Crippen LogP contribution in [0.15, 0.2) is 12.1 Å². The van der Waals surface area contributed by atoms with Gasteiger partial charge in [-0.2, -0.15) is 0 Å². The lowest BCUT2D eigenvalue weighted by atomic mass is 10.3. The molecule has 1 aliphatic heterocycles. The Bertz CT molecular complexity index is 439. The Morgan fingerprint density at radius 3 is 2.60 bits per heavy atom. The lowest BCUT2D eigenvalue weighted by Crippen LogP contribution is -2.33. The van der Waals surface area contributed by atoms with E-state index in [0.717, 1.165) is 6.54 Å². The van der Waals surface area contributed by atoms with Gasteiger partial charge in [-0.3, -0.25) is 4.79 Å². The first-order chi connectivity index (χ1) is 9.56. The van der Waals surface area contributed by atoms with Gasteiger partial charge in [-0.05, 0) is 45.0 Å². The molecule has 0 spiro atoms. The highest BCUT2D eigenvalue weighted by molar-refractivity contribution is 5.91. The van der Waals surface area contributed by atoms with Gasteiger partial charge in [0.1, 0.15) is 5.82 Å². The molecule has 0 aromatic carbocycles. The molecule has 1 unspecified atom stereocenters. The third kappa shape index (κ3) is 3.90. The molecule has 1 aromatic heterocycles. The first kappa shape index (κ1) is 14.7. The number of amides is 1. The Labute approximate surface area is 120 Å². The van der Waals surface area contributed by atoms with Crippen LogP contribution in [0.3, 0.4) is 0 Å². The average Bonchev–Trinajstić information content (AvgIpc) is 2.91. The summed E-state index contributed by atoms with van der Waals surface area (Å²) >= 11 is 0. The molecule has 1 saturated heterocycles. The average molecular weight is 277 g/mol. The number of likely N-dealkylation sites (tertiary alicyclic amines) is 1. The Kier molecular flexibility index (Phi) is 4.89. The van der Waals surface area contributed by atoms with Crippen LogP contribution in [0.4, 0.5) is 5.82 Å². The molecule has 6 nitrogen and oxygen atoms in total. The summed E-state index contributed by atoms with van der Waals surface area (Å²) in [5.41, 5.74) is 0.368. The van der Waals surface area contributed by atoms with E-state index in [1.54, 1.807) is 20.2 Å². The van der Waals surface area contributed by atoms with Crippen molar-refractivity contribution in [2.45, 2.75) is 25.8 Å². The van der Waals surface area contributed by atoms with Crippen molar-refractivity contribution >= 4 is 11.7 Å². The Morgan fingerprint density at radius 1 is 1.35 bits per heavy atom. The van der Waals surface area contributed by atoms with E-state index in [4.69, 9.17) is 0 Å². The van der Waals surface area contributed by atoms with E-state index >= 15 is 0 Å². The largest absolute Gasteiger partial charge is 0.365 e. The molecule has 1 aliphatic rings. The van der Waals surface area contributed by atoms with E-state index < -0.39 is 0 Å². The fourth-order valence-electron chi connectivity index (χ4n) is 2.40. The van der Waals surface area contributed by atoms with Gasteiger partial charge in [0.15, 0.2) is 5.69 Å². The smallest absolute Gasteiger partial charge is 0.273 e. The number of rotatable bonds is 5. The van der Waals surface area contributed by atoms with Crippen molar-refractivity contribution in [3.63, 3.8) is 0 Å². The molecule has 2 rings (SSSR count). The molecule has 0 aliphatic carbocycles. The standard InChI is InChI=1S/C14H23N5O/c1-11(10-19-8-4-5-9-19)15-13-7-6-12(16-17-13)14(20)18(2)3/h6-7,11H,4-5,8-10H2,1-3H3,(H,15,17). The molecule has 2 heterocycles. The number of hydrogen-bond donors (Lipinski definition) is 1. The van der Waals surface area contributed by atoms with Crippen molar-refractivity contribution < 1.29 is 4.79 Å². The van der Waals surface area contributed by atoms with Crippen LogP contribution >= 0.6 is 0 Å². The van der Waals surface area contributed by atoms with Gasteiger partial charge in [-0.15, -0.1) is 10.2 Å². The molecular weight excluding hydrogens is 254 g/mol. The van der Waals surface area contributed by atoms with Crippen LogP contribution in [-0.2, 0) is 0 Å². The fourth-order valence-corrected chi connectivity index (χ4v) is 2.40. The minimum atomic E-state index is -0.130. The molecule has 20 heavy (non-hydrogen) atoms. The van der Waals surface area contributed by atoms with E-state index in [2.05, 4.69) is 27.3 Å². The monoisotopic (exact) mass is 277 g/mol. The number of anilines is 1. The lowest BCUT2D eigenvalue weighted by molar-refractivity contribution is 0.0821. The number of carbonyl (C=O) groups is 1. The van der Waals surface area contributed by atoms with Gasteiger partial charge in [0.2, 0.25) is 0 Å². The Balaban J connectivity index is 1.88. The number of nitrogens with zero attached hydrogens (tertiary/aromatic N) is 4. The van der Waals surface area contributed by atoms with E-state index in [1.165, 1.54) is 30.8 Å². The predicted octanol–water partition coefficient (Wildman–Crippen LogP) is 1.07. The van der Waals surface area contributed by atoms with Gasteiger partial charge in [0.25, 0.3) is 5.91 Å². The maximum Gasteiger partial charge on any atom is 0.273 e. The number of nitrogens with one attached hydrogen (secondary N) is 1. The summed E-state index contributed by atoms with van der Waals surface area (Å²) in [7, 11) is 3.41. The van der Waals surface area contributed by atoms with E-state index in [-0.39, 0.29) is 5.91 Å². The Morgan fingerprint density at radius 2 is 2.05 bits per heavy atom. The highest BCUT2D eigenvalue weighted by atomic mass is 16.2. The van der Waals surface area contributed by atoms with Crippen LogP contribution in [-0.4, -0.2) is 65.7 Å². The highest BCUT2D eigenvalue weighted by Crippen LogP contribution is 2.10. The zero-order chi connectivity index (χ0) is 14.5. The summed E-state index contributed by atoms with van der Waals surface area (Å²) in [6.07, 6.45) is 2.60. The summed E-state index contributed by atoms with van der Waals surface area (Å²) in [6.45, 7) is 5.53. The topological polar surface area (TPSA) is 61.4 Å². The van der Waals surface area contributed by atoms with Crippen molar-refractivity contribution in [2.24, 2.45) is 0 Å². The minimum absolute atomic E-state index is 0.130. The minimum Gasteiger partial charge on any atom is -0.365 e. The zero-order valence-electron chi connectivity index (χ0n) is 12.5. The summed E-state index contributed by atoms with van der Waals surface area (Å²) in [6, 6.07) is 3.84. The highest BCUT2D eigenvalue weighted by Gasteiger charge is 2.15. The molecule has 1 atom stereocenters. The first-order valence-corrected chi connectivity index (χ1v) is 7.10. The number of carbonyl (C=O) groups excluding carboxylic acids is 1. The second kappa shape index (κ2) is 6.65. The van der Waals surface area contributed by atoms with Gasteiger partial charge >= 0.3 is 0 Å². The van der Waals surface area contributed by atoms with Crippen molar-refractivity contribution in [3.8, 4) is 0 Å². The molecule has 1 aromatic rings. The molecule has 1 amide bonds. The second-order valence-electron chi connectivity index (χ2n) is 5.56. The van der Waals surface area contributed by atoms with Gasteiger partial charge in [0.05, 0.1) is 0 Å². The van der Waals surface area contributed by atoms with Gasteiger partial charge in [-0.25, -0.2) is 0 Å². The van der Waals surface area contributed by atoms with Crippen molar-refractivity contribution in [2.75, 3.05) is 39.0 Å². The van der Waals surface area contributed by atoms with Gasteiger partial charge in [0, 0.05) is 26.7 Å². The number of aromatic nitrogens is 2. The zero-order valence-corrected chi connectivity index (χ0v) is 12.5. The summed E-state index contributed by atoms with van der Waals surface area (Å²) < 4.78 is 0. The normalized spacial score (nSPS) is 16.9. The van der Waals surface area contributed by atoms with Crippen LogP contribution in [0.1, 0.15) is 30.3 Å². The molecule has 0 bridgehead atoms. The van der Waals surface area contributed by atoms with Crippen molar-refractivity contribution in [1.29, 1.82) is 0 Å². The second-order valence-corrected chi connectivity index (χ2v) is 5.56. The quantitative estimate of drug-likeness (QED) is 0.872. The molecule has 110 valence electrons. The van der Waals surface area contributed by atoms with Crippen LogP contribution in [0.2, 0.25) is 0 Å². The van der Waals surface area contributed by atoms with Crippen LogP contribution in [0.5, 0.6) is 0 Å². The van der Waals surface area contributed by atoms with Crippen molar-refractivity contribution in [1.82, 2.24) is 20.0 Å². The van der Waals surface area contributed by atoms with E-state index in [1.807, 2.05) is 6.07 Å². The maximum atomic E-state index is 11.7. The molecule has 1 fully saturated rings. The predicted molar refractivity (Wildman–Crippen MR) is 78.8 cm³/mol. The SMILES string of the molecule is CC(CN1CCCC1)Nc1ccc(C(=O)N(C)C)nn1. The van der Waals surface area contributed by atoms with Crippen molar-refractivity contribution in [3.05, 3.63) is 17.8 Å². The van der Waals surface area contributed by atoms with E-state index in [0.29, 0.717) is 17.6 Å². The third-order valence-corrected chi connectivity index (χ3v) is 3.41. The van der Waals surface area contributed by atoms with Gasteiger partial charge in [-0.1, -0.05) is 0 Å². The van der Waals surface area contributed by atoms with Crippen LogP contribution in [0.25, 0.3) is 0 Å². The molecule has 1 N–H and O–H groups in total. The maximum absolute atomic E-state index is 11.7. The number of hydrogen-bond acceptors (Lipinski definition) is 5. The Hall–Kier alpha value is -1.69. The molecular formula is C14H23N5O. The summed E-state index contributed by atoms with van der Waals surface area (Å²) in [5, 5.41) is 11.4. The first-order valence-electron chi connectivity index (χ1n) is 7.10. The van der Waals surface area contributed by atoms with Gasteiger partial charge < -0.3 is 15.1 Å². The summed E-state index contributed by atoms with van der Waals surface area (Å²) in [5.74, 6) is 0.584. The lowest BCUT2D eigenvalue weighted by Gasteiger charge is -2.21. The summed E-state index contributed by atoms with van der Waals surface area (Å²) in [4.78, 5) is 15.7.